The summed E-state index contributed by atoms with van der Waals surface area (Å²) in [7, 11) is 0. The first kappa shape index (κ1) is 21.8. The summed E-state index contributed by atoms with van der Waals surface area (Å²) in [6.45, 7) is 6.64. The lowest BCUT2D eigenvalue weighted by molar-refractivity contribution is -0.136. The Morgan fingerprint density at radius 2 is 1.97 bits per heavy atom. The molecule has 2 fully saturated rings. The SMILES string of the molecule is CC1CC(NC(=O)C(C)N2CC(N)C2)CN(c2ccc(C(F)(F)F)c3ncccc23)C1. The van der Waals surface area contributed by atoms with E-state index >= 15 is 0 Å². The number of anilines is 1. The fraction of sp³-hybridized carbons (Fsp3) is 0.545. The molecule has 3 atom stereocenters. The number of halogens is 3. The molecular weight excluding hydrogens is 407 g/mol. The van der Waals surface area contributed by atoms with Crippen molar-refractivity contribution < 1.29 is 18.0 Å². The molecule has 3 N–H and O–H groups in total. The van der Waals surface area contributed by atoms with Gasteiger partial charge in [-0.05, 0) is 43.5 Å². The highest BCUT2D eigenvalue weighted by molar-refractivity contribution is 5.94. The number of carbonyl (C=O) groups excluding carboxylic acids is 1. The van der Waals surface area contributed by atoms with Gasteiger partial charge in [-0.3, -0.25) is 14.7 Å². The van der Waals surface area contributed by atoms with E-state index in [1.807, 2.05) is 11.8 Å². The summed E-state index contributed by atoms with van der Waals surface area (Å²) in [5, 5.41) is 3.61. The van der Waals surface area contributed by atoms with Crippen molar-refractivity contribution in [1.29, 1.82) is 0 Å². The molecule has 0 spiro atoms. The van der Waals surface area contributed by atoms with Crippen LogP contribution in [0.25, 0.3) is 10.9 Å². The van der Waals surface area contributed by atoms with Crippen molar-refractivity contribution >= 4 is 22.5 Å². The average molecular weight is 435 g/mol. The van der Waals surface area contributed by atoms with Crippen molar-refractivity contribution in [2.24, 2.45) is 11.7 Å². The van der Waals surface area contributed by atoms with Crippen LogP contribution < -0.4 is 16.0 Å². The molecule has 1 aromatic heterocycles. The number of hydrogen-bond acceptors (Lipinski definition) is 5. The quantitative estimate of drug-likeness (QED) is 0.772. The van der Waals surface area contributed by atoms with Crippen LogP contribution in [0.2, 0.25) is 0 Å². The van der Waals surface area contributed by atoms with Gasteiger partial charge in [-0.1, -0.05) is 6.92 Å². The minimum atomic E-state index is -4.47. The van der Waals surface area contributed by atoms with E-state index in [1.165, 1.54) is 12.3 Å². The Morgan fingerprint density at radius 3 is 2.65 bits per heavy atom. The van der Waals surface area contributed by atoms with Gasteiger partial charge in [-0.15, -0.1) is 0 Å². The number of carbonyl (C=O) groups is 1. The first-order valence-corrected chi connectivity index (χ1v) is 10.6. The predicted octanol–water partition coefficient (Wildman–Crippen LogP) is 2.62. The fourth-order valence-electron chi connectivity index (χ4n) is 4.67. The summed E-state index contributed by atoms with van der Waals surface area (Å²) in [5.41, 5.74) is 5.75. The van der Waals surface area contributed by atoms with Crippen molar-refractivity contribution in [2.45, 2.75) is 44.6 Å². The number of amides is 1. The first-order valence-electron chi connectivity index (χ1n) is 10.6. The third-order valence-corrected chi connectivity index (χ3v) is 6.26. The van der Waals surface area contributed by atoms with Crippen LogP contribution in [0.1, 0.15) is 25.8 Å². The van der Waals surface area contributed by atoms with Crippen molar-refractivity contribution in [1.82, 2.24) is 15.2 Å². The monoisotopic (exact) mass is 435 g/mol. The number of piperidine rings is 1. The Hall–Kier alpha value is -2.39. The maximum absolute atomic E-state index is 13.4. The fourth-order valence-corrected chi connectivity index (χ4v) is 4.67. The first-order chi connectivity index (χ1) is 14.6. The molecule has 1 amide bonds. The van der Waals surface area contributed by atoms with Crippen LogP contribution in [0, 0.1) is 5.92 Å². The average Bonchev–Trinajstić information content (AvgIpc) is 2.68. The number of nitrogens with zero attached hydrogens (tertiary/aromatic N) is 3. The predicted molar refractivity (Wildman–Crippen MR) is 114 cm³/mol. The molecule has 31 heavy (non-hydrogen) atoms. The number of alkyl halides is 3. The second kappa shape index (κ2) is 8.27. The lowest BCUT2D eigenvalue weighted by atomic mass is 9.94. The molecule has 0 saturated carbocycles. The van der Waals surface area contributed by atoms with E-state index in [4.69, 9.17) is 5.73 Å². The van der Waals surface area contributed by atoms with Gasteiger partial charge in [0.15, 0.2) is 0 Å². The Labute approximate surface area is 179 Å². The highest BCUT2D eigenvalue weighted by atomic mass is 19.4. The van der Waals surface area contributed by atoms with E-state index in [1.54, 1.807) is 12.1 Å². The summed E-state index contributed by atoms with van der Waals surface area (Å²) in [6.07, 6.45) is -2.26. The van der Waals surface area contributed by atoms with Crippen LogP contribution >= 0.6 is 0 Å². The van der Waals surface area contributed by atoms with Crippen LogP contribution in [0.3, 0.4) is 0 Å². The molecule has 0 bridgehead atoms. The van der Waals surface area contributed by atoms with Gasteiger partial charge in [0.05, 0.1) is 17.1 Å². The number of rotatable bonds is 4. The molecular formula is C22H28F3N5O. The van der Waals surface area contributed by atoms with E-state index in [-0.39, 0.29) is 35.5 Å². The molecule has 168 valence electrons. The number of fused-ring (bicyclic) bond motifs is 1. The van der Waals surface area contributed by atoms with Crippen LogP contribution in [0.5, 0.6) is 0 Å². The number of aromatic nitrogens is 1. The molecule has 3 heterocycles. The van der Waals surface area contributed by atoms with E-state index in [0.717, 1.165) is 12.5 Å². The Balaban J connectivity index is 1.55. The number of pyridine rings is 1. The van der Waals surface area contributed by atoms with Crippen molar-refractivity contribution in [3.05, 3.63) is 36.0 Å². The summed E-state index contributed by atoms with van der Waals surface area (Å²) in [5.74, 6) is 0.241. The summed E-state index contributed by atoms with van der Waals surface area (Å²) < 4.78 is 40.3. The number of nitrogens with two attached hydrogens (primary N) is 1. The van der Waals surface area contributed by atoms with Crippen LogP contribution in [0.4, 0.5) is 18.9 Å². The lowest BCUT2D eigenvalue weighted by Gasteiger charge is -2.42. The standard InChI is InChI=1S/C22H28F3N5O/c1-13-8-16(28-21(31)14(2)29-10-15(26)11-29)12-30(9-13)19-6-5-18(22(23,24)25)20-17(19)4-3-7-27-20/h3-7,13-16H,8-12,26H2,1-2H3,(H,28,31). The van der Waals surface area contributed by atoms with Crippen molar-refractivity contribution in [2.75, 3.05) is 31.1 Å². The van der Waals surface area contributed by atoms with E-state index in [9.17, 15) is 18.0 Å². The molecule has 9 heteroatoms. The van der Waals surface area contributed by atoms with Gasteiger partial charge in [-0.2, -0.15) is 13.2 Å². The van der Waals surface area contributed by atoms with E-state index in [0.29, 0.717) is 37.3 Å². The van der Waals surface area contributed by atoms with Gasteiger partial charge in [0.25, 0.3) is 0 Å². The van der Waals surface area contributed by atoms with Crippen LogP contribution in [-0.4, -0.2) is 60.1 Å². The zero-order valence-corrected chi connectivity index (χ0v) is 17.7. The highest BCUT2D eigenvalue weighted by Crippen LogP contribution is 2.38. The zero-order valence-electron chi connectivity index (χ0n) is 17.7. The molecule has 4 rings (SSSR count). The second-order valence-corrected chi connectivity index (χ2v) is 8.87. The van der Waals surface area contributed by atoms with Crippen LogP contribution in [0.15, 0.2) is 30.5 Å². The Bertz CT molecular complexity index is 960. The number of likely N-dealkylation sites (tertiary alicyclic amines) is 1. The minimum absolute atomic E-state index is 0.0371. The lowest BCUT2D eigenvalue weighted by Crippen LogP contribution is -2.63. The van der Waals surface area contributed by atoms with Crippen LogP contribution in [-0.2, 0) is 11.0 Å². The smallest absolute Gasteiger partial charge is 0.369 e. The maximum Gasteiger partial charge on any atom is 0.418 e. The topological polar surface area (TPSA) is 74.5 Å². The summed E-state index contributed by atoms with van der Waals surface area (Å²) in [6, 6.07) is 5.75. The normalized spacial score (nSPS) is 24.1. The van der Waals surface area contributed by atoms with Gasteiger partial charge >= 0.3 is 6.18 Å². The number of hydrogen-bond donors (Lipinski definition) is 2. The maximum atomic E-state index is 13.4. The van der Waals surface area contributed by atoms with Gasteiger partial charge < -0.3 is 16.0 Å². The van der Waals surface area contributed by atoms with Gasteiger partial charge in [0.2, 0.25) is 5.91 Å². The van der Waals surface area contributed by atoms with Gasteiger partial charge in [0.1, 0.15) is 0 Å². The minimum Gasteiger partial charge on any atom is -0.369 e. The summed E-state index contributed by atoms with van der Waals surface area (Å²) >= 11 is 0. The number of nitrogens with one attached hydrogen (secondary N) is 1. The molecule has 0 aliphatic carbocycles. The molecule has 2 saturated heterocycles. The van der Waals surface area contributed by atoms with E-state index < -0.39 is 11.7 Å². The Morgan fingerprint density at radius 1 is 1.23 bits per heavy atom. The summed E-state index contributed by atoms with van der Waals surface area (Å²) in [4.78, 5) is 20.8. The Kier molecular flexibility index (Phi) is 5.83. The number of benzene rings is 1. The van der Waals surface area contributed by atoms with Gasteiger partial charge in [0, 0.05) is 55.5 Å². The molecule has 0 radical (unpaired) electrons. The second-order valence-electron chi connectivity index (χ2n) is 8.87. The largest absolute Gasteiger partial charge is 0.418 e. The third kappa shape index (κ3) is 4.48. The zero-order chi connectivity index (χ0) is 22.3. The van der Waals surface area contributed by atoms with E-state index in [2.05, 4.69) is 22.1 Å². The molecule has 2 aliphatic rings. The molecule has 2 aliphatic heterocycles. The molecule has 6 nitrogen and oxygen atoms in total. The third-order valence-electron chi connectivity index (χ3n) is 6.26. The van der Waals surface area contributed by atoms with Crippen molar-refractivity contribution in [3.63, 3.8) is 0 Å². The highest BCUT2D eigenvalue weighted by Gasteiger charge is 2.36. The van der Waals surface area contributed by atoms with Gasteiger partial charge in [-0.25, -0.2) is 0 Å². The van der Waals surface area contributed by atoms with Crippen molar-refractivity contribution in [3.8, 4) is 0 Å². The molecule has 1 aromatic carbocycles. The molecule has 3 unspecified atom stereocenters. The molecule has 2 aromatic rings.